The van der Waals surface area contributed by atoms with E-state index in [2.05, 4.69) is 11.9 Å². The number of rotatable bonds is 6. The highest BCUT2D eigenvalue weighted by atomic mass is 32.2. The Morgan fingerprint density at radius 2 is 2.16 bits per heavy atom. The number of carbonyl (C=O) groups is 1. The average molecular weight is 282 g/mol. The molecule has 0 aliphatic heterocycles. The lowest BCUT2D eigenvalue weighted by Gasteiger charge is -2.22. The number of nitrogens with one attached hydrogen (secondary N) is 1. The van der Waals surface area contributed by atoms with Crippen LogP contribution in [-0.2, 0) is 14.8 Å². The Morgan fingerprint density at radius 1 is 1.47 bits per heavy atom. The summed E-state index contributed by atoms with van der Waals surface area (Å²) in [5.74, 6) is -0.369. The van der Waals surface area contributed by atoms with Crippen LogP contribution in [0.2, 0.25) is 0 Å². The van der Waals surface area contributed by atoms with Crippen molar-refractivity contribution in [2.75, 3.05) is 23.7 Å². The van der Waals surface area contributed by atoms with Gasteiger partial charge in [0.05, 0.1) is 11.9 Å². The summed E-state index contributed by atoms with van der Waals surface area (Å²) in [6.45, 7) is 5.42. The van der Waals surface area contributed by atoms with Gasteiger partial charge in [-0.05, 0) is 24.6 Å². The first kappa shape index (κ1) is 15.2. The van der Waals surface area contributed by atoms with Crippen molar-refractivity contribution in [3.63, 3.8) is 0 Å². The molecule has 0 saturated carbocycles. The van der Waals surface area contributed by atoms with Crippen LogP contribution in [0, 0.1) is 6.92 Å². The molecule has 1 aromatic rings. The minimum absolute atomic E-state index is 0.240. The first-order valence-electron chi connectivity index (χ1n) is 5.76. The molecule has 1 aromatic carbocycles. The number of carbonyl (C=O) groups excluding carboxylic acids is 1. The fourth-order valence-corrected chi connectivity index (χ4v) is 2.40. The van der Waals surface area contributed by atoms with Crippen LogP contribution in [0.4, 0.5) is 5.69 Å². The summed E-state index contributed by atoms with van der Waals surface area (Å²) in [5, 5.41) is 2.56. The Bertz CT molecular complexity index is 567. The molecule has 0 saturated heterocycles. The second-order valence-corrected chi connectivity index (χ2v) is 6.11. The summed E-state index contributed by atoms with van der Waals surface area (Å²) in [6.07, 6.45) is 2.62. The SMILES string of the molecule is C=CCNC(=O)CN(c1cccc(C)c1)S(C)(=O)=O. The Morgan fingerprint density at radius 3 is 2.68 bits per heavy atom. The zero-order valence-corrected chi connectivity index (χ0v) is 11.9. The molecule has 0 aromatic heterocycles. The average Bonchev–Trinajstić information content (AvgIpc) is 2.32. The molecule has 0 spiro atoms. The van der Waals surface area contributed by atoms with Crippen LogP contribution >= 0.6 is 0 Å². The van der Waals surface area contributed by atoms with E-state index in [1.165, 1.54) is 6.08 Å². The number of amides is 1. The minimum atomic E-state index is -3.51. The van der Waals surface area contributed by atoms with Gasteiger partial charge in [0.2, 0.25) is 15.9 Å². The number of benzene rings is 1. The Balaban J connectivity index is 2.97. The highest BCUT2D eigenvalue weighted by molar-refractivity contribution is 7.92. The van der Waals surface area contributed by atoms with Crippen molar-refractivity contribution in [1.29, 1.82) is 0 Å². The smallest absolute Gasteiger partial charge is 0.241 e. The molecule has 0 aliphatic rings. The molecule has 0 bridgehead atoms. The quantitative estimate of drug-likeness (QED) is 0.793. The van der Waals surface area contributed by atoms with Gasteiger partial charge in [-0.1, -0.05) is 18.2 Å². The Labute approximate surface area is 114 Å². The van der Waals surface area contributed by atoms with Gasteiger partial charge in [0.15, 0.2) is 0 Å². The van der Waals surface area contributed by atoms with Gasteiger partial charge in [-0.15, -0.1) is 6.58 Å². The maximum absolute atomic E-state index is 11.8. The van der Waals surface area contributed by atoms with Crippen molar-refractivity contribution in [3.8, 4) is 0 Å². The van der Waals surface area contributed by atoms with Gasteiger partial charge in [-0.25, -0.2) is 8.42 Å². The second kappa shape index (κ2) is 6.38. The summed E-state index contributed by atoms with van der Waals surface area (Å²) in [4.78, 5) is 11.7. The van der Waals surface area contributed by atoms with Gasteiger partial charge < -0.3 is 5.32 Å². The number of nitrogens with zero attached hydrogens (tertiary/aromatic N) is 1. The maximum atomic E-state index is 11.8. The minimum Gasteiger partial charge on any atom is -0.351 e. The molecular weight excluding hydrogens is 264 g/mol. The number of sulfonamides is 1. The first-order valence-corrected chi connectivity index (χ1v) is 7.61. The molecule has 1 rings (SSSR count). The van der Waals surface area contributed by atoms with Crippen LogP contribution < -0.4 is 9.62 Å². The highest BCUT2D eigenvalue weighted by Gasteiger charge is 2.20. The van der Waals surface area contributed by atoms with E-state index in [4.69, 9.17) is 0 Å². The second-order valence-electron chi connectivity index (χ2n) is 4.20. The summed E-state index contributed by atoms with van der Waals surface area (Å²) < 4.78 is 24.6. The molecule has 0 atom stereocenters. The molecule has 1 amide bonds. The van der Waals surface area contributed by atoms with Gasteiger partial charge in [-0.2, -0.15) is 0 Å². The van der Waals surface area contributed by atoms with Crippen LogP contribution in [0.3, 0.4) is 0 Å². The molecule has 6 heteroatoms. The molecule has 0 aliphatic carbocycles. The lowest BCUT2D eigenvalue weighted by atomic mass is 10.2. The van der Waals surface area contributed by atoms with E-state index in [0.29, 0.717) is 12.2 Å². The van der Waals surface area contributed by atoms with Crippen molar-refractivity contribution in [1.82, 2.24) is 5.32 Å². The third kappa shape index (κ3) is 4.75. The van der Waals surface area contributed by atoms with E-state index in [9.17, 15) is 13.2 Å². The number of hydrogen-bond donors (Lipinski definition) is 1. The van der Waals surface area contributed by atoms with E-state index >= 15 is 0 Å². The van der Waals surface area contributed by atoms with Crippen LogP contribution in [0.5, 0.6) is 0 Å². The van der Waals surface area contributed by atoms with Crippen molar-refractivity contribution >= 4 is 21.6 Å². The van der Waals surface area contributed by atoms with Gasteiger partial charge in [-0.3, -0.25) is 9.10 Å². The molecule has 0 fully saturated rings. The van der Waals surface area contributed by atoms with E-state index in [-0.39, 0.29) is 12.5 Å². The molecule has 19 heavy (non-hydrogen) atoms. The number of hydrogen-bond acceptors (Lipinski definition) is 3. The fraction of sp³-hybridized carbons (Fsp3) is 0.308. The van der Waals surface area contributed by atoms with Crippen molar-refractivity contribution in [2.45, 2.75) is 6.92 Å². The predicted octanol–water partition coefficient (Wildman–Crippen LogP) is 1.06. The maximum Gasteiger partial charge on any atom is 0.241 e. The zero-order chi connectivity index (χ0) is 14.5. The van der Waals surface area contributed by atoms with Crippen LogP contribution in [0.1, 0.15) is 5.56 Å². The summed E-state index contributed by atoms with van der Waals surface area (Å²) >= 11 is 0. The van der Waals surface area contributed by atoms with Gasteiger partial charge in [0.1, 0.15) is 6.54 Å². The molecule has 0 radical (unpaired) electrons. The third-order valence-corrected chi connectivity index (χ3v) is 3.56. The largest absolute Gasteiger partial charge is 0.351 e. The van der Waals surface area contributed by atoms with Gasteiger partial charge >= 0.3 is 0 Å². The van der Waals surface area contributed by atoms with Crippen LogP contribution in [0.25, 0.3) is 0 Å². The summed E-state index contributed by atoms with van der Waals surface area (Å²) in [5.41, 5.74) is 1.41. The summed E-state index contributed by atoms with van der Waals surface area (Å²) in [7, 11) is -3.51. The van der Waals surface area contributed by atoms with Gasteiger partial charge in [0.25, 0.3) is 0 Å². The van der Waals surface area contributed by atoms with Crippen molar-refractivity contribution in [2.24, 2.45) is 0 Å². The Kier molecular flexibility index (Phi) is 5.11. The number of aryl methyl sites for hydroxylation is 1. The van der Waals surface area contributed by atoms with Crippen LogP contribution in [0.15, 0.2) is 36.9 Å². The molecule has 5 nitrogen and oxygen atoms in total. The van der Waals surface area contributed by atoms with E-state index in [0.717, 1.165) is 16.1 Å². The molecule has 104 valence electrons. The van der Waals surface area contributed by atoms with E-state index in [1.807, 2.05) is 13.0 Å². The van der Waals surface area contributed by atoms with Crippen molar-refractivity contribution < 1.29 is 13.2 Å². The lowest BCUT2D eigenvalue weighted by Crippen LogP contribution is -2.40. The van der Waals surface area contributed by atoms with Crippen LogP contribution in [-0.4, -0.2) is 33.7 Å². The highest BCUT2D eigenvalue weighted by Crippen LogP contribution is 2.18. The molecular formula is C13H18N2O3S. The summed E-state index contributed by atoms with van der Waals surface area (Å²) in [6, 6.07) is 7.00. The first-order chi connectivity index (χ1) is 8.84. The lowest BCUT2D eigenvalue weighted by molar-refractivity contribution is -0.119. The van der Waals surface area contributed by atoms with Crippen molar-refractivity contribution in [3.05, 3.63) is 42.5 Å². The predicted molar refractivity (Wildman–Crippen MR) is 76.6 cm³/mol. The standard InChI is InChI=1S/C13H18N2O3S/c1-4-8-14-13(16)10-15(19(3,17)18)12-7-5-6-11(2)9-12/h4-7,9H,1,8,10H2,2-3H3,(H,14,16). The Hall–Kier alpha value is -1.82. The normalized spacial score (nSPS) is 10.8. The number of anilines is 1. The molecule has 1 N–H and O–H groups in total. The fourth-order valence-electron chi connectivity index (χ4n) is 1.56. The third-order valence-electron chi connectivity index (χ3n) is 2.42. The zero-order valence-electron chi connectivity index (χ0n) is 11.1. The monoisotopic (exact) mass is 282 g/mol. The molecule has 0 heterocycles. The van der Waals surface area contributed by atoms with Gasteiger partial charge in [0, 0.05) is 6.54 Å². The van der Waals surface area contributed by atoms with E-state index < -0.39 is 10.0 Å². The molecule has 0 unspecified atom stereocenters. The van der Waals surface area contributed by atoms with E-state index in [1.54, 1.807) is 18.2 Å². The topological polar surface area (TPSA) is 66.5 Å².